The third-order valence-corrected chi connectivity index (χ3v) is 3.50. The van der Waals surface area contributed by atoms with E-state index < -0.39 is 0 Å². The number of nitrogens with one attached hydrogen (secondary N) is 1. The summed E-state index contributed by atoms with van der Waals surface area (Å²) in [7, 11) is 0. The fourth-order valence-electron chi connectivity index (χ4n) is 2.38. The molecule has 1 unspecified atom stereocenters. The molecule has 0 spiro atoms. The molecule has 1 aliphatic carbocycles. The summed E-state index contributed by atoms with van der Waals surface area (Å²) in [6, 6.07) is 2.03. The van der Waals surface area contributed by atoms with Crippen molar-refractivity contribution >= 4 is 5.57 Å². The highest BCUT2D eigenvalue weighted by Crippen LogP contribution is 2.23. The van der Waals surface area contributed by atoms with Gasteiger partial charge in [0.05, 0.1) is 5.69 Å². The van der Waals surface area contributed by atoms with E-state index in [1.165, 1.54) is 0 Å². The number of hydrogen-bond donors (Lipinski definition) is 1. The molecule has 1 aliphatic rings. The monoisotopic (exact) mass is 269 g/mol. The van der Waals surface area contributed by atoms with Gasteiger partial charge >= 0.3 is 0 Å². The first-order valence-electron chi connectivity index (χ1n) is 7.03. The maximum atomic E-state index is 4.60. The minimum Gasteiger partial charge on any atom is -0.262 e. The van der Waals surface area contributed by atoms with E-state index >= 15 is 0 Å². The van der Waals surface area contributed by atoms with Crippen LogP contribution in [-0.4, -0.2) is 25.0 Å². The van der Waals surface area contributed by atoms with E-state index in [0.29, 0.717) is 5.92 Å². The normalized spacial score (nSPS) is 18.4. The van der Waals surface area contributed by atoms with Gasteiger partial charge < -0.3 is 0 Å². The molecule has 2 heterocycles. The predicted octanol–water partition coefficient (Wildman–Crippen LogP) is 2.98. The van der Waals surface area contributed by atoms with Crippen LogP contribution in [-0.2, 0) is 6.54 Å². The highest BCUT2D eigenvalue weighted by Gasteiger charge is 2.14. The molecule has 1 atom stereocenters. The molecule has 0 aliphatic heterocycles. The van der Waals surface area contributed by atoms with Crippen LogP contribution in [0.1, 0.15) is 31.8 Å². The van der Waals surface area contributed by atoms with Crippen molar-refractivity contribution < 1.29 is 0 Å². The van der Waals surface area contributed by atoms with Gasteiger partial charge in [0, 0.05) is 12.1 Å². The van der Waals surface area contributed by atoms with Gasteiger partial charge in [-0.25, -0.2) is 4.98 Å². The number of H-pyrrole nitrogens is 1. The maximum absolute atomic E-state index is 4.60. The van der Waals surface area contributed by atoms with Crippen LogP contribution in [0.2, 0.25) is 0 Å². The lowest BCUT2D eigenvalue weighted by Gasteiger charge is -2.08. The summed E-state index contributed by atoms with van der Waals surface area (Å²) in [4.78, 5) is 4.60. The quantitative estimate of drug-likeness (QED) is 0.931. The molecular weight excluding hydrogens is 250 g/mol. The summed E-state index contributed by atoms with van der Waals surface area (Å²) in [5.74, 6) is 2.13. The number of aryl methyl sites for hydroxylation is 2. The van der Waals surface area contributed by atoms with Gasteiger partial charge in [0.15, 0.2) is 11.6 Å². The molecule has 0 aromatic carbocycles. The van der Waals surface area contributed by atoms with E-state index in [2.05, 4.69) is 52.4 Å². The molecule has 3 rings (SSSR count). The van der Waals surface area contributed by atoms with Gasteiger partial charge in [-0.15, -0.1) is 0 Å². The van der Waals surface area contributed by atoms with Crippen LogP contribution >= 0.6 is 0 Å². The molecule has 0 bridgehead atoms. The minimum absolute atomic E-state index is 0.598. The van der Waals surface area contributed by atoms with Crippen LogP contribution in [0.4, 0.5) is 0 Å². The molecule has 0 radical (unpaired) electrons. The Balaban J connectivity index is 1.92. The zero-order valence-corrected chi connectivity index (χ0v) is 12.1. The largest absolute Gasteiger partial charge is 0.262 e. The van der Waals surface area contributed by atoms with Crippen LogP contribution in [0.3, 0.4) is 0 Å². The Morgan fingerprint density at radius 3 is 3.00 bits per heavy atom. The van der Waals surface area contributed by atoms with E-state index in [4.69, 9.17) is 0 Å². The first-order chi connectivity index (χ1) is 9.67. The van der Waals surface area contributed by atoms with Gasteiger partial charge in [-0.05, 0) is 32.3 Å². The molecule has 5 heteroatoms. The first kappa shape index (κ1) is 12.8. The first-order valence-corrected chi connectivity index (χ1v) is 7.03. The molecular formula is C15H19N5. The smallest absolute Gasteiger partial charge is 0.181 e. The van der Waals surface area contributed by atoms with E-state index in [1.54, 1.807) is 0 Å². The van der Waals surface area contributed by atoms with Crippen molar-refractivity contribution in [3.05, 3.63) is 35.8 Å². The molecule has 2 aromatic heterocycles. The minimum atomic E-state index is 0.598. The second-order valence-electron chi connectivity index (χ2n) is 5.23. The van der Waals surface area contributed by atoms with E-state index in [-0.39, 0.29) is 0 Å². The molecule has 0 fully saturated rings. The van der Waals surface area contributed by atoms with Gasteiger partial charge in [-0.1, -0.05) is 25.2 Å². The fraction of sp³-hybridized carbons (Fsp3) is 0.400. The molecule has 5 nitrogen and oxygen atoms in total. The van der Waals surface area contributed by atoms with Crippen molar-refractivity contribution in [3.8, 4) is 11.5 Å². The Kier molecular flexibility index (Phi) is 3.26. The third-order valence-electron chi connectivity index (χ3n) is 3.50. The molecule has 20 heavy (non-hydrogen) atoms. The van der Waals surface area contributed by atoms with E-state index in [9.17, 15) is 0 Å². The highest BCUT2D eigenvalue weighted by atomic mass is 15.3. The zero-order valence-electron chi connectivity index (χ0n) is 12.1. The van der Waals surface area contributed by atoms with Crippen LogP contribution < -0.4 is 0 Å². The number of nitrogens with zero attached hydrogens (tertiary/aromatic N) is 4. The lowest BCUT2D eigenvalue weighted by Crippen LogP contribution is -2.00. The van der Waals surface area contributed by atoms with Gasteiger partial charge in [0.1, 0.15) is 5.69 Å². The number of aromatic nitrogens is 5. The molecule has 0 saturated heterocycles. The average Bonchev–Trinajstić information content (AvgIpc) is 3.05. The summed E-state index contributed by atoms with van der Waals surface area (Å²) < 4.78 is 1.94. The van der Waals surface area contributed by atoms with Crippen LogP contribution in [0.15, 0.2) is 24.3 Å². The molecule has 1 N–H and O–H groups in total. The molecule has 0 saturated carbocycles. The summed E-state index contributed by atoms with van der Waals surface area (Å²) >= 11 is 0. The molecule has 0 amide bonds. The summed E-state index contributed by atoms with van der Waals surface area (Å²) in [6.07, 6.45) is 7.54. The van der Waals surface area contributed by atoms with E-state index in [0.717, 1.165) is 41.6 Å². The standard InChI is InChI=1S/C15H19N5/c1-4-20-13(9-11(3)19-20)15-16-14(17-18-15)12-7-5-10(2)6-8-12/h5,7-10H,4,6H2,1-3H3,(H,16,17,18). The van der Waals surface area contributed by atoms with E-state index in [1.807, 2.05) is 17.7 Å². The second kappa shape index (κ2) is 5.07. The zero-order chi connectivity index (χ0) is 14.1. The van der Waals surface area contributed by atoms with Crippen molar-refractivity contribution in [2.45, 2.75) is 33.7 Å². The lowest BCUT2D eigenvalue weighted by atomic mass is 9.98. The fourth-order valence-corrected chi connectivity index (χ4v) is 2.38. The summed E-state index contributed by atoms with van der Waals surface area (Å²) in [5, 5.41) is 11.8. The van der Waals surface area contributed by atoms with Crippen molar-refractivity contribution in [3.63, 3.8) is 0 Å². The Morgan fingerprint density at radius 1 is 1.45 bits per heavy atom. The van der Waals surface area contributed by atoms with Crippen LogP contribution in [0.25, 0.3) is 17.1 Å². The van der Waals surface area contributed by atoms with Gasteiger partial charge in [-0.2, -0.15) is 10.2 Å². The Morgan fingerprint density at radius 2 is 2.30 bits per heavy atom. The number of allylic oxidation sites excluding steroid dienone is 4. The topological polar surface area (TPSA) is 59.4 Å². The predicted molar refractivity (Wildman–Crippen MR) is 78.9 cm³/mol. The van der Waals surface area contributed by atoms with Crippen molar-refractivity contribution in [2.75, 3.05) is 0 Å². The lowest BCUT2D eigenvalue weighted by molar-refractivity contribution is 0.657. The highest BCUT2D eigenvalue weighted by molar-refractivity contribution is 5.71. The Hall–Kier alpha value is -2.17. The average molecular weight is 269 g/mol. The molecule has 2 aromatic rings. The Labute approximate surface area is 118 Å². The third kappa shape index (κ3) is 2.31. The second-order valence-corrected chi connectivity index (χ2v) is 5.23. The van der Waals surface area contributed by atoms with Crippen molar-refractivity contribution in [1.29, 1.82) is 0 Å². The Bertz CT molecular complexity index is 674. The van der Waals surface area contributed by atoms with Crippen LogP contribution in [0, 0.1) is 12.8 Å². The maximum Gasteiger partial charge on any atom is 0.181 e. The van der Waals surface area contributed by atoms with Gasteiger partial charge in [0.25, 0.3) is 0 Å². The number of aromatic amines is 1. The molecule has 104 valence electrons. The summed E-state index contributed by atoms with van der Waals surface area (Å²) in [6.45, 7) is 7.08. The van der Waals surface area contributed by atoms with Crippen molar-refractivity contribution in [1.82, 2.24) is 25.0 Å². The van der Waals surface area contributed by atoms with Gasteiger partial charge in [-0.3, -0.25) is 9.78 Å². The summed E-state index contributed by atoms with van der Waals surface area (Å²) in [5.41, 5.74) is 3.06. The number of rotatable bonds is 3. The number of hydrogen-bond acceptors (Lipinski definition) is 3. The SMILES string of the molecule is CCn1nc(C)cc1-c1nc(C2=CCC(C)C=C2)n[nH]1. The van der Waals surface area contributed by atoms with Crippen LogP contribution in [0.5, 0.6) is 0 Å². The van der Waals surface area contributed by atoms with Crippen molar-refractivity contribution in [2.24, 2.45) is 5.92 Å². The van der Waals surface area contributed by atoms with Gasteiger partial charge in [0.2, 0.25) is 0 Å².